The van der Waals surface area contributed by atoms with Crippen LogP contribution in [0.4, 0.5) is 11.5 Å². The number of anilines is 2. The van der Waals surface area contributed by atoms with Crippen LogP contribution in [0.15, 0.2) is 109 Å². The van der Waals surface area contributed by atoms with Crippen LogP contribution in [-0.2, 0) is 0 Å². The normalized spacial score (nSPS) is 11.0. The third-order valence-corrected chi connectivity index (χ3v) is 6.12. The predicted molar refractivity (Wildman–Crippen MR) is 143 cm³/mol. The molecule has 5 rings (SSSR count). The van der Waals surface area contributed by atoms with Crippen LogP contribution in [0.3, 0.4) is 0 Å². The van der Waals surface area contributed by atoms with Crippen LogP contribution in [-0.4, -0.2) is 30.6 Å². The van der Waals surface area contributed by atoms with Gasteiger partial charge in [0.25, 0.3) is 0 Å². The van der Waals surface area contributed by atoms with Gasteiger partial charge in [-0.05, 0) is 47.5 Å². The smallest absolute Gasteiger partial charge is 0.162 e. The summed E-state index contributed by atoms with van der Waals surface area (Å²) in [7, 11) is 4.08. The number of hydrogen-bond donors (Lipinski definition) is 1. The zero-order valence-electron chi connectivity index (χ0n) is 19.5. The molecule has 1 N–H and O–H groups in total. The molecule has 0 bridgehead atoms. The Kier molecular flexibility index (Phi) is 6.21. The van der Waals surface area contributed by atoms with Gasteiger partial charge in [-0.3, -0.25) is 0 Å². The molecule has 1 heterocycles. The Balaban J connectivity index is 1.51. The minimum Gasteiger partial charge on any atom is -0.378 e. The fraction of sp³-hybridized carbons (Fsp3) is 0.133. The van der Waals surface area contributed by atoms with Crippen molar-refractivity contribution in [1.29, 1.82) is 0 Å². The summed E-state index contributed by atoms with van der Waals surface area (Å²) < 4.78 is 0. The first-order valence-corrected chi connectivity index (χ1v) is 11.6. The molecule has 0 unspecified atom stereocenters. The summed E-state index contributed by atoms with van der Waals surface area (Å²) in [6.07, 6.45) is 0. The van der Waals surface area contributed by atoms with Crippen LogP contribution in [0.25, 0.3) is 22.3 Å². The van der Waals surface area contributed by atoms with Gasteiger partial charge in [0.05, 0.1) is 5.52 Å². The molecule has 0 fully saturated rings. The minimum atomic E-state index is 0.207. The Hall–Kier alpha value is -4.18. The number of nitrogens with zero attached hydrogens (tertiary/aromatic N) is 3. The van der Waals surface area contributed by atoms with Gasteiger partial charge in [-0.2, -0.15) is 0 Å². The molecule has 4 aromatic carbocycles. The van der Waals surface area contributed by atoms with Crippen molar-refractivity contribution < 1.29 is 0 Å². The first-order chi connectivity index (χ1) is 16.7. The Bertz CT molecular complexity index is 1320. The summed E-state index contributed by atoms with van der Waals surface area (Å²) in [6, 6.07) is 37.8. The summed E-state index contributed by atoms with van der Waals surface area (Å²) in [5.74, 6) is 1.79. The van der Waals surface area contributed by atoms with Gasteiger partial charge < -0.3 is 10.2 Å². The second kappa shape index (κ2) is 9.75. The van der Waals surface area contributed by atoms with Gasteiger partial charge >= 0.3 is 0 Å². The summed E-state index contributed by atoms with van der Waals surface area (Å²) in [5, 5.41) is 4.69. The van der Waals surface area contributed by atoms with Crippen molar-refractivity contribution in [3.05, 3.63) is 120 Å². The van der Waals surface area contributed by atoms with Crippen molar-refractivity contribution in [3.8, 4) is 11.4 Å². The lowest BCUT2D eigenvalue weighted by molar-refractivity contribution is 0.849. The lowest BCUT2D eigenvalue weighted by atomic mass is 9.91. The van der Waals surface area contributed by atoms with E-state index in [0.29, 0.717) is 0 Å². The molecular formula is C30H28N4. The van der Waals surface area contributed by atoms with E-state index in [-0.39, 0.29) is 5.92 Å². The molecule has 168 valence electrons. The van der Waals surface area contributed by atoms with E-state index >= 15 is 0 Å². The fourth-order valence-corrected chi connectivity index (χ4v) is 4.25. The molecule has 34 heavy (non-hydrogen) atoms. The molecule has 5 aromatic rings. The number of rotatable bonds is 7. The molecule has 0 aliphatic carbocycles. The summed E-state index contributed by atoms with van der Waals surface area (Å²) in [6.45, 7) is 0.730. The van der Waals surface area contributed by atoms with Crippen molar-refractivity contribution in [3.63, 3.8) is 0 Å². The molecule has 0 atom stereocenters. The molecule has 0 aliphatic rings. The molecular weight excluding hydrogens is 416 g/mol. The van der Waals surface area contributed by atoms with Crippen LogP contribution < -0.4 is 10.2 Å². The van der Waals surface area contributed by atoms with E-state index in [2.05, 4.69) is 101 Å². The van der Waals surface area contributed by atoms with Gasteiger partial charge in [-0.1, -0.05) is 72.8 Å². The maximum atomic E-state index is 4.97. The number of para-hydroxylation sites is 1. The van der Waals surface area contributed by atoms with Crippen LogP contribution >= 0.6 is 0 Å². The summed E-state index contributed by atoms with van der Waals surface area (Å²) >= 11 is 0. The first kappa shape index (κ1) is 21.7. The van der Waals surface area contributed by atoms with Crippen molar-refractivity contribution in [2.24, 2.45) is 0 Å². The van der Waals surface area contributed by atoms with Crippen molar-refractivity contribution in [2.75, 3.05) is 30.9 Å². The number of benzene rings is 4. The van der Waals surface area contributed by atoms with E-state index in [1.165, 1.54) is 11.1 Å². The molecule has 1 aromatic heterocycles. The highest BCUT2D eigenvalue weighted by atomic mass is 15.1. The third kappa shape index (κ3) is 4.62. The van der Waals surface area contributed by atoms with Crippen molar-refractivity contribution in [2.45, 2.75) is 5.92 Å². The molecule has 0 spiro atoms. The van der Waals surface area contributed by atoms with Gasteiger partial charge in [0.15, 0.2) is 5.82 Å². The van der Waals surface area contributed by atoms with Crippen molar-refractivity contribution in [1.82, 2.24) is 9.97 Å². The Morgan fingerprint density at radius 1 is 0.676 bits per heavy atom. The van der Waals surface area contributed by atoms with Gasteiger partial charge in [0.2, 0.25) is 0 Å². The minimum absolute atomic E-state index is 0.207. The maximum absolute atomic E-state index is 4.97. The molecule has 0 radical (unpaired) electrons. The van der Waals surface area contributed by atoms with Gasteiger partial charge in [0, 0.05) is 43.2 Å². The summed E-state index contributed by atoms with van der Waals surface area (Å²) in [5.41, 5.74) is 5.64. The molecule has 0 saturated heterocycles. The molecule has 4 nitrogen and oxygen atoms in total. The highest BCUT2D eigenvalue weighted by molar-refractivity contribution is 5.90. The van der Waals surface area contributed by atoms with Crippen molar-refractivity contribution >= 4 is 22.4 Å². The number of aromatic nitrogens is 2. The molecule has 0 saturated carbocycles. The average molecular weight is 445 g/mol. The van der Waals surface area contributed by atoms with Crippen LogP contribution in [0.2, 0.25) is 0 Å². The quantitative estimate of drug-likeness (QED) is 0.307. The zero-order chi connectivity index (χ0) is 23.3. The van der Waals surface area contributed by atoms with E-state index in [1.54, 1.807) is 0 Å². The predicted octanol–water partition coefficient (Wildman–Crippen LogP) is 6.61. The number of fused-ring (bicyclic) bond motifs is 1. The highest BCUT2D eigenvalue weighted by Gasteiger charge is 2.16. The third-order valence-electron chi connectivity index (χ3n) is 6.12. The number of hydrogen-bond acceptors (Lipinski definition) is 4. The Labute approximate surface area is 200 Å². The molecule has 4 heteroatoms. The second-order valence-electron chi connectivity index (χ2n) is 8.61. The zero-order valence-corrected chi connectivity index (χ0v) is 19.5. The Morgan fingerprint density at radius 2 is 1.26 bits per heavy atom. The highest BCUT2D eigenvalue weighted by Crippen LogP contribution is 2.29. The molecule has 0 aliphatic heterocycles. The van der Waals surface area contributed by atoms with Crippen LogP contribution in [0.1, 0.15) is 17.0 Å². The standard InChI is InChI=1S/C30H28N4/c1-34(2)25-19-17-24(18-20-25)29-32-28-16-10-9-15-26(28)30(33-29)31-21-27(22-11-5-3-6-12-22)23-13-7-4-8-14-23/h3-20,27H,21H2,1-2H3,(H,31,32,33). The Morgan fingerprint density at radius 3 is 1.88 bits per heavy atom. The SMILES string of the molecule is CN(C)c1ccc(-c2nc(NCC(c3ccccc3)c3ccccc3)c3ccccc3n2)cc1. The van der Waals surface area contributed by atoms with Gasteiger partial charge in [-0.15, -0.1) is 0 Å². The second-order valence-corrected chi connectivity index (χ2v) is 8.61. The largest absolute Gasteiger partial charge is 0.378 e. The van der Waals surface area contributed by atoms with Gasteiger partial charge in [0.1, 0.15) is 5.82 Å². The van der Waals surface area contributed by atoms with Gasteiger partial charge in [-0.25, -0.2) is 9.97 Å². The first-order valence-electron chi connectivity index (χ1n) is 11.6. The number of nitrogens with one attached hydrogen (secondary N) is 1. The monoisotopic (exact) mass is 444 g/mol. The average Bonchev–Trinajstić information content (AvgIpc) is 2.90. The maximum Gasteiger partial charge on any atom is 0.162 e. The fourth-order valence-electron chi connectivity index (χ4n) is 4.25. The van der Waals surface area contributed by atoms with E-state index in [4.69, 9.17) is 9.97 Å². The molecule has 0 amide bonds. The van der Waals surface area contributed by atoms with E-state index in [9.17, 15) is 0 Å². The topological polar surface area (TPSA) is 41.1 Å². The van der Waals surface area contributed by atoms with Crippen LogP contribution in [0, 0.1) is 0 Å². The lowest BCUT2D eigenvalue weighted by Gasteiger charge is -2.20. The van der Waals surface area contributed by atoms with Crippen LogP contribution in [0.5, 0.6) is 0 Å². The van der Waals surface area contributed by atoms with E-state index in [1.807, 2.05) is 32.3 Å². The van der Waals surface area contributed by atoms with E-state index < -0.39 is 0 Å². The lowest BCUT2D eigenvalue weighted by Crippen LogP contribution is -2.15. The summed E-state index contributed by atoms with van der Waals surface area (Å²) in [4.78, 5) is 11.9. The van der Waals surface area contributed by atoms with E-state index in [0.717, 1.165) is 40.3 Å².